The summed E-state index contributed by atoms with van der Waals surface area (Å²) < 4.78 is 5.45. The van der Waals surface area contributed by atoms with Crippen LogP contribution in [-0.4, -0.2) is 29.2 Å². The van der Waals surface area contributed by atoms with Gasteiger partial charge in [-0.15, -0.1) is 0 Å². The number of nitrogens with zero attached hydrogens (tertiary/aromatic N) is 2. The first-order valence-corrected chi connectivity index (χ1v) is 5.63. The van der Waals surface area contributed by atoms with Gasteiger partial charge in [0.25, 0.3) is 5.69 Å². The van der Waals surface area contributed by atoms with Crippen molar-refractivity contribution in [3.05, 3.63) is 28.4 Å². The summed E-state index contributed by atoms with van der Waals surface area (Å²) in [5.41, 5.74) is 0.00752. The van der Waals surface area contributed by atoms with Gasteiger partial charge in [-0.1, -0.05) is 0 Å². The molecule has 0 radical (unpaired) electrons. The Morgan fingerprint density at radius 1 is 1.65 bits per heavy atom. The zero-order valence-corrected chi connectivity index (χ0v) is 9.63. The molecule has 0 bridgehead atoms. The number of hydrogen-bond acceptors (Lipinski definition) is 5. The van der Waals surface area contributed by atoms with E-state index in [2.05, 4.69) is 17.2 Å². The van der Waals surface area contributed by atoms with Gasteiger partial charge in [0.1, 0.15) is 12.0 Å². The fraction of sp³-hybridized carbons (Fsp3) is 0.545. The molecule has 1 aromatic heterocycles. The second-order valence-corrected chi connectivity index (χ2v) is 4.16. The molecule has 2 unspecified atom stereocenters. The molecule has 0 aliphatic carbocycles. The van der Waals surface area contributed by atoms with E-state index in [1.165, 1.54) is 12.3 Å². The van der Waals surface area contributed by atoms with Crippen molar-refractivity contribution in [2.75, 3.05) is 18.5 Å². The predicted molar refractivity (Wildman–Crippen MR) is 62.9 cm³/mol. The lowest BCUT2D eigenvalue weighted by Gasteiger charge is -2.14. The molecule has 0 aromatic carbocycles. The van der Waals surface area contributed by atoms with Crippen molar-refractivity contribution in [2.24, 2.45) is 5.92 Å². The van der Waals surface area contributed by atoms with Gasteiger partial charge in [-0.25, -0.2) is 4.98 Å². The van der Waals surface area contributed by atoms with E-state index in [9.17, 15) is 10.1 Å². The Morgan fingerprint density at radius 3 is 3.00 bits per heavy atom. The summed E-state index contributed by atoms with van der Waals surface area (Å²) in [4.78, 5) is 14.0. The Bertz CT molecular complexity index is 393. The van der Waals surface area contributed by atoms with Crippen molar-refractivity contribution in [3.63, 3.8) is 0 Å². The number of aromatic nitrogens is 1. The standard InChI is InChI=1S/C11H15N3O3/c1-8-9(4-5-17-8)6-12-11-3-2-10(7-13-11)14(15)16/h2-3,7-9H,4-6H2,1H3,(H,12,13). The van der Waals surface area contributed by atoms with Crippen molar-refractivity contribution in [3.8, 4) is 0 Å². The lowest BCUT2D eigenvalue weighted by Crippen LogP contribution is -2.21. The Morgan fingerprint density at radius 2 is 2.47 bits per heavy atom. The second kappa shape index (κ2) is 5.09. The van der Waals surface area contributed by atoms with E-state index in [4.69, 9.17) is 4.74 Å². The summed E-state index contributed by atoms with van der Waals surface area (Å²) in [6.45, 7) is 3.65. The van der Waals surface area contributed by atoms with Crippen LogP contribution in [0.3, 0.4) is 0 Å². The summed E-state index contributed by atoms with van der Waals surface area (Å²) in [6, 6.07) is 3.07. The third-order valence-electron chi connectivity index (χ3n) is 3.04. The highest BCUT2D eigenvalue weighted by Gasteiger charge is 2.23. The number of nitrogens with one attached hydrogen (secondary N) is 1. The van der Waals surface area contributed by atoms with Crippen molar-refractivity contribution in [1.82, 2.24) is 4.98 Å². The van der Waals surface area contributed by atoms with Gasteiger partial charge in [-0.05, 0) is 19.4 Å². The Balaban J connectivity index is 1.88. The number of nitro groups is 1. The van der Waals surface area contributed by atoms with Crippen LogP contribution in [0.1, 0.15) is 13.3 Å². The Labute approximate surface area is 99.2 Å². The minimum atomic E-state index is -0.455. The van der Waals surface area contributed by atoms with Crippen LogP contribution in [0, 0.1) is 16.0 Å². The molecule has 1 aromatic rings. The molecule has 1 aliphatic rings. The average molecular weight is 237 g/mol. The molecule has 0 saturated carbocycles. The summed E-state index contributed by atoms with van der Waals surface area (Å²) in [6.07, 6.45) is 2.57. The highest BCUT2D eigenvalue weighted by molar-refractivity contribution is 5.40. The molecule has 0 spiro atoms. The summed E-state index contributed by atoms with van der Waals surface area (Å²) in [5, 5.41) is 13.6. The van der Waals surface area contributed by atoms with E-state index in [0.717, 1.165) is 19.6 Å². The summed E-state index contributed by atoms with van der Waals surface area (Å²) >= 11 is 0. The van der Waals surface area contributed by atoms with Crippen LogP contribution in [0.25, 0.3) is 0 Å². The first-order chi connectivity index (χ1) is 8.16. The highest BCUT2D eigenvalue weighted by Crippen LogP contribution is 2.21. The molecule has 0 amide bonds. The van der Waals surface area contributed by atoms with Gasteiger partial charge < -0.3 is 10.1 Å². The maximum Gasteiger partial charge on any atom is 0.287 e. The fourth-order valence-corrected chi connectivity index (χ4v) is 1.88. The third kappa shape index (κ3) is 2.91. The highest BCUT2D eigenvalue weighted by atomic mass is 16.6. The summed E-state index contributed by atoms with van der Waals surface area (Å²) in [5.74, 6) is 1.14. The molecule has 2 heterocycles. The molecule has 6 nitrogen and oxygen atoms in total. The minimum absolute atomic E-state index is 0.00752. The first-order valence-electron chi connectivity index (χ1n) is 5.63. The van der Waals surface area contributed by atoms with E-state index < -0.39 is 4.92 Å². The molecule has 2 atom stereocenters. The number of hydrogen-bond donors (Lipinski definition) is 1. The Kier molecular flexibility index (Phi) is 3.53. The lowest BCUT2D eigenvalue weighted by atomic mass is 10.0. The van der Waals surface area contributed by atoms with Crippen molar-refractivity contribution in [1.29, 1.82) is 0 Å². The molecule has 1 saturated heterocycles. The number of rotatable bonds is 4. The molecule has 6 heteroatoms. The molecule has 92 valence electrons. The van der Waals surface area contributed by atoms with E-state index in [1.54, 1.807) is 6.07 Å². The Hall–Kier alpha value is -1.69. The van der Waals surface area contributed by atoms with Gasteiger partial charge in [-0.2, -0.15) is 0 Å². The molecular weight excluding hydrogens is 222 g/mol. The van der Waals surface area contributed by atoms with Crippen LogP contribution in [0.15, 0.2) is 18.3 Å². The van der Waals surface area contributed by atoms with Crippen molar-refractivity contribution < 1.29 is 9.66 Å². The zero-order valence-electron chi connectivity index (χ0n) is 9.63. The molecule has 2 rings (SSSR count). The maximum atomic E-state index is 10.5. The van der Waals surface area contributed by atoms with Gasteiger partial charge in [0, 0.05) is 25.1 Å². The fourth-order valence-electron chi connectivity index (χ4n) is 1.88. The minimum Gasteiger partial charge on any atom is -0.378 e. The third-order valence-corrected chi connectivity index (χ3v) is 3.04. The first kappa shape index (κ1) is 11.8. The number of anilines is 1. The topological polar surface area (TPSA) is 77.3 Å². The van der Waals surface area contributed by atoms with Crippen LogP contribution in [-0.2, 0) is 4.74 Å². The largest absolute Gasteiger partial charge is 0.378 e. The monoisotopic (exact) mass is 237 g/mol. The number of pyridine rings is 1. The smallest absolute Gasteiger partial charge is 0.287 e. The van der Waals surface area contributed by atoms with E-state index in [1.807, 2.05) is 0 Å². The lowest BCUT2D eigenvalue weighted by molar-refractivity contribution is -0.385. The van der Waals surface area contributed by atoms with Crippen LogP contribution in [0.5, 0.6) is 0 Å². The van der Waals surface area contributed by atoms with E-state index in [-0.39, 0.29) is 11.8 Å². The SMILES string of the molecule is CC1OCCC1CNc1ccc([N+](=O)[O-])cn1. The van der Waals surface area contributed by atoms with Gasteiger partial charge in [0.15, 0.2) is 0 Å². The van der Waals surface area contributed by atoms with E-state index >= 15 is 0 Å². The average Bonchev–Trinajstić information content (AvgIpc) is 2.73. The molecule has 1 aliphatic heterocycles. The van der Waals surface area contributed by atoms with Gasteiger partial charge in [0.05, 0.1) is 11.0 Å². The van der Waals surface area contributed by atoms with Gasteiger partial charge in [-0.3, -0.25) is 10.1 Å². The summed E-state index contributed by atoms with van der Waals surface area (Å²) in [7, 11) is 0. The van der Waals surface area contributed by atoms with Crippen LogP contribution in [0.4, 0.5) is 11.5 Å². The van der Waals surface area contributed by atoms with E-state index in [0.29, 0.717) is 11.7 Å². The zero-order chi connectivity index (χ0) is 12.3. The van der Waals surface area contributed by atoms with Crippen molar-refractivity contribution in [2.45, 2.75) is 19.4 Å². The number of ether oxygens (including phenoxy) is 1. The predicted octanol–water partition coefficient (Wildman–Crippen LogP) is 1.83. The molecule has 1 N–H and O–H groups in total. The maximum absolute atomic E-state index is 10.5. The van der Waals surface area contributed by atoms with Gasteiger partial charge >= 0.3 is 0 Å². The molecule has 17 heavy (non-hydrogen) atoms. The van der Waals surface area contributed by atoms with Crippen LogP contribution >= 0.6 is 0 Å². The molecule has 1 fully saturated rings. The normalized spacial score (nSPS) is 23.6. The van der Waals surface area contributed by atoms with Crippen molar-refractivity contribution >= 4 is 11.5 Å². The molecular formula is C11H15N3O3. The van der Waals surface area contributed by atoms with Crippen LogP contribution in [0.2, 0.25) is 0 Å². The van der Waals surface area contributed by atoms with Crippen LogP contribution < -0.4 is 5.32 Å². The second-order valence-electron chi connectivity index (χ2n) is 4.16. The quantitative estimate of drug-likeness (QED) is 0.638. The van der Waals surface area contributed by atoms with Gasteiger partial charge in [0.2, 0.25) is 0 Å².